The highest BCUT2D eigenvalue weighted by atomic mass is 35.5. The van der Waals surface area contributed by atoms with E-state index in [0.29, 0.717) is 47.1 Å². The van der Waals surface area contributed by atoms with E-state index in [4.69, 9.17) is 27.6 Å². The quantitative estimate of drug-likeness (QED) is 0.189. The predicted octanol–water partition coefficient (Wildman–Crippen LogP) is 4.69. The minimum Gasteiger partial charge on any atom is -0.441 e. The van der Waals surface area contributed by atoms with Crippen LogP contribution in [0.1, 0.15) is 42.7 Å². The van der Waals surface area contributed by atoms with Crippen LogP contribution in [0.4, 0.5) is 4.39 Å². The van der Waals surface area contributed by atoms with Gasteiger partial charge in [0.2, 0.25) is 5.71 Å². The maximum Gasteiger partial charge on any atom is 0.351 e. The molecule has 4 aromatic rings. The minimum atomic E-state index is -0.469. The molecule has 10 heteroatoms. The molecule has 0 aliphatic rings. The van der Waals surface area contributed by atoms with E-state index in [1.54, 1.807) is 24.5 Å². The van der Waals surface area contributed by atoms with Gasteiger partial charge in [-0.1, -0.05) is 17.1 Å². The van der Waals surface area contributed by atoms with Gasteiger partial charge in [-0.2, -0.15) is 4.98 Å². The van der Waals surface area contributed by atoms with Crippen molar-refractivity contribution in [2.45, 2.75) is 38.6 Å². The van der Waals surface area contributed by atoms with Crippen molar-refractivity contribution in [1.29, 1.82) is 0 Å². The molecule has 176 valence electrons. The van der Waals surface area contributed by atoms with Gasteiger partial charge in [0.15, 0.2) is 0 Å². The number of benzene rings is 1. The molecule has 0 aliphatic heterocycles. The summed E-state index contributed by atoms with van der Waals surface area (Å²) in [4.78, 5) is 16.8. The zero-order valence-electron chi connectivity index (χ0n) is 18.3. The van der Waals surface area contributed by atoms with E-state index in [9.17, 15) is 9.18 Å². The highest BCUT2D eigenvalue weighted by molar-refractivity contribution is 6.18. The Hall–Kier alpha value is -3.15. The highest BCUT2D eigenvalue weighted by Gasteiger charge is 2.16. The lowest BCUT2D eigenvalue weighted by atomic mass is 10.1. The fourth-order valence-corrected chi connectivity index (χ4v) is 3.75. The van der Waals surface area contributed by atoms with Gasteiger partial charge in [-0.25, -0.2) is 13.9 Å². The van der Waals surface area contributed by atoms with Crippen LogP contribution in [-0.2, 0) is 13.0 Å². The molecule has 0 fully saturated rings. The van der Waals surface area contributed by atoms with E-state index in [-0.39, 0.29) is 18.1 Å². The van der Waals surface area contributed by atoms with Gasteiger partial charge in [-0.15, -0.1) is 28.3 Å². The van der Waals surface area contributed by atoms with Crippen LogP contribution in [-0.4, -0.2) is 36.3 Å². The van der Waals surface area contributed by atoms with E-state index in [2.05, 4.69) is 27.1 Å². The Kier molecular flexibility index (Phi) is 7.99. The molecule has 0 unspecified atom stereocenters. The molecule has 0 aliphatic carbocycles. The molecule has 3 aromatic heterocycles. The lowest BCUT2D eigenvalue weighted by Gasteiger charge is -2.02. The molecule has 0 amide bonds. The van der Waals surface area contributed by atoms with Crippen LogP contribution in [0.25, 0.3) is 16.8 Å². The number of furan rings is 1. The number of unbranched alkanes of at least 4 members (excludes halogenated alkanes) is 2. The highest BCUT2D eigenvalue weighted by Crippen LogP contribution is 2.24. The van der Waals surface area contributed by atoms with Gasteiger partial charge in [0.05, 0.1) is 29.4 Å². The van der Waals surface area contributed by atoms with Crippen molar-refractivity contribution in [2.24, 2.45) is 0 Å². The fraction of sp³-hybridized carbons (Fsp3) is 0.333. The number of alkyl halides is 2. The van der Waals surface area contributed by atoms with Gasteiger partial charge in [0.1, 0.15) is 17.3 Å². The van der Waals surface area contributed by atoms with Crippen LogP contribution in [0, 0.1) is 17.7 Å². The third-order valence-corrected chi connectivity index (χ3v) is 5.66. The fourth-order valence-electron chi connectivity index (χ4n) is 3.42. The smallest absolute Gasteiger partial charge is 0.351 e. The molecule has 0 radical (unpaired) electrons. The molecular weight excluding hydrogens is 480 g/mol. The van der Waals surface area contributed by atoms with E-state index >= 15 is 0 Å². The number of hydrogen-bond acceptors (Lipinski definition) is 5. The summed E-state index contributed by atoms with van der Waals surface area (Å²) in [5, 5.41) is 8.87. The monoisotopic (exact) mass is 501 g/mol. The number of nitrogens with zero attached hydrogens (tertiary/aromatic N) is 5. The van der Waals surface area contributed by atoms with Crippen molar-refractivity contribution in [2.75, 3.05) is 11.8 Å². The van der Waals surface area contributed by atoms with Gasteiger partial charge >= 0.3 is 5.69 Å². The Morgan fingerprint density at radius 3 is 2.62 bits per heavy atom. The zero-order chi connectivity index (χ0) is 23.9. The van der Waals surface area contributed by atoms with Crippen molar-refractivity contribution in [1.82, 2.24) is 24.5 Å². The van der Waals surface area contributed by atoms with Crippen LogP contribution in [0.5, 0.6) is 0 Å². The second kappa shape index (κ2) is 11.3. The van der Waals surface area contributed by atoms with Gasteiger partial charge in [0.25, 0.3) is 0 Å². The molecule has 0 N–H and O–H groups in total. The van der Waals surface area contributed by atoms with Crippen LogP contribution >= 0.6 is 23.2 Å². The number of fused-ring (bicyclic) bond motifs is 1. The first-order valence-electron chi connectivity index (χ1n) is 10.9. The lowest BCUT2D eigenvalue weighted by molar-refractivity contribution is 0.531. The van der Waals surface area contributed by atoms with Crippen LogP contribution in [0.15, 0.2) is 45.9 Å². The summed E-state index contributed by atoms with van der Waals surface area (Å²) >= 11 is 11.6. The average Bonchev–Trinajstić information content (AvgIpc) is 3.43. The van der Waals surface area contributed by atoms with Crippen molar-refractivity contribution in [3.8, 4) is 17.5 Å². The molecule has 3 heterocycles. The van der Waals surface area contributed by atoms with Gasteiger partial charge in [0, 0.05) is 30.8 Å². The maximum absolute atomic E-state index is 13.2. The average molecular weight is 502 g/mol. The maximum atomic E-state index is 13.2. The van der Waals surface area contributed by atoms with Gasteiger partial charge in [-0.3, -0.25) is 4.57 Å². The SMILES string of the molecule is O=c1nc2oc(CCCCl)c(C#CCCCCCl)c2cn1Cc1cn(-c2ccc(F)cc2)nn1. The number of aryl methyl sites for hydroxylation is 1. The standard InChI is InChI=1S/C24H22Cl2FN5O2/c25-12-4-2-1-3-6-20-21-16-31(24(33)28-23(21)34-22(20)7-5-13-26)14-18-15-32(30-29-18)19-10-8-17(27)9-11-19/h8-11,15-16H,1-2,4-5,7,12-14H2. The van der Waals surface area contributed by atoms with E-state index in [0.717, 1.165) is 24.8 Å². The van der Waals surface area contributed by atoms with Crippen molar-refractivity contribution >= 4 is 34.3 Å². The normalized spacial score (nSPS) is 11.0. The van der Waals surface area contributed by atoms with Crippen molar-refractivity contribution in [3.63, 3.8) is 0 Å². The largest absolute Gasteiger partial charge is 0.441 e. The Morgan fingerprint density at radius 1 is 1.06 bits per heavy atom. The second-order valence-corrected chi connectivity index (χ2v) is 8.40. The second-order valence-electron chi connectivity index (χ2n) is 7.64. The number of hydrogen-bond donors (Lipinski definition) is 0. The number of halogens is 3. The summed E-state index contributed by atoms with van der Waals surface area (Å²) in [5.41, 5.74) is 1.72. The molecule has 0 atom stereocenters. The van der Waals surface area contributed by atoms with E-state index in [1.165, 1.54) is 21.4 Å². The first-order valence-corrected chi connectivity index (χ1v) is 12.0. The van der Waals surface area contributed by atoms with Crippen LogP contribution in [0.3, 0.4) is 0 Å². The summed E-state index contributed by atoms with van der Waals surface area (Å²) in [7, 11) is 0. The summed E-state index contributed by atoms with van der Waals surface area (Å²) in [5.74, 6) is 7.81. The molecule has 4 rings (SSSR count). The topological polar surface area (TPSA) is 78.7 Å². The number of aromatic nitrogens is 5. The zero-order valence-corrected chi connectivity index (χ0v) is 19.8. The lowest BCUT2D eigenvalue weighted by Crippen LogP contribution is -2.22. The summed E-state index contributed by atoms with van der Waals surface area (Å²) in [6.45, 7) is 0.160. The number of rotatable bonds is 9. The molecule has 7 nitrogen and oxygen atoms in total. The molecule has 34 heavy (non-hydrogen) atoms. The molecular formula is C24H22Cl2FN5O2. The summed E-state index contributed by atoms with van der Waals surface area (Å²) in [6.07, 6.45) is 7.23. The third kappa shape index (κ3) is 5.66. The van der Waals surface area contributed by atoms with E-state index < -0.39 is 5.69 Å². The Balaban J connectivity index is 1.64. The van der Waals surface area contributed by atoms with E-state index in [1.807, 2.05) is 0 Å². The Labute approximate surface area is 205 Å². The van der Waals surface area contributed by atoms with Gasteiger partial charge < -0.3 is 4.42 Å². The molecule has 0 saturated heterocycles. The minimum absolute atomic E-state index is 0.160. The molecule has 0 spiro atoms. The predicted molar refractivity (Wildman–Crippen MR) is 129 cm³/mol. The Bertz CT molecular complexity index is 1380. The first-order chi connectivity index (χ1) is 16.6. The molecule has 0 saturated carbocycles. The summed E-state index contributed by atoms with van der Waals surface area (Å²) < 4.78 is 22.0. The van der Waals surface area contributed by atoms with Crippen LogP contribution < -0.4 is 5.69 Å². The molecule has 1 aromatic carbocycles. The summed E-state index contributed by atoms with van der Waals surface area (Å²) in [6, 6.07) is 5.88. The molecule has 0 bridgehead atoms. The first kappa shape index (κ1) is 24.0. The van der Waals surface area contributed by atoms with Crippen molar-refractivity contribution < 1.29 is 8.81 Å². The third-order valence-electron chi connectivity index (χ3n) is 5.13. The van der Waals surface area contributed by atoms with Crippen molar-refractivity contribution in [3.05, 3.63) is 70.0 Å². The van der Waals surface area contributed by atoms with Gasteiger partial charge in [-0.05, 0) is 43.5 Å². The Morgan fingerprint density at radius 2 is 1.85 bits per heavy atom. The van der Waals surface area contributed by atoms with Crippen LogP contribution in [0.2, 0.25) is 0 Å².